The van der Waals surface area contributed by atoms with Crippen molar-refractivity contribution in [1.29, 1.82) is 0 Å². The van der Waals surface area contributed by atoms with Crippen molar-refractivity contribution < 1.29 is 9.90 Å². The zero-order chi connectivity index (χ0) is 12.1. The maximum absolute atomic E-state index is 10.6. The van der Waals surface area contributed by atoms with Gasteiger partial charge in [0.15, 0.2) is 5.69 Å². The molecular formula is C10H10N4O2S. The molecule has 0 aliphatic heterocycles. The van der Waals surface area contributed by atoms with E-state index < -0.39 is 5.97 Å². The van der Waals surface area contributed by atoms with E-state index in [4.69, 9.17) is 5.11 Å². The maximum atomic E-state index is 10.6. The molecule has 0 bridgehead atoms. The van der Waals surface area contributed by atoms with Crippen LogP contribution in [0.15, 0.2) is 24.0 Å². The first-order valence-electron chi connectivity index (χ1n) is 4.93. The Bertz CT molecular complexity index is 500. The van der Waals surface area contributed by atoms with Crippen LogP contribution in [0.4, 0.5) is 5.82 Å². The monoisotopic (exact) mass is 250 g/mol. The predicted octanol–water partition coefficient (Wildman–Crippen LogP) is 1.29. The largest absolute Gasteiger partial charge is 0.476 e. The minimum atomic E-state index is -0.990. The summed E-state index contributed by atoms with van der Waals surface area (Å²) in [7, 11) is 0. The molecule has 6 nitrogen and oxygen atoms in total. The second-order valence-corrected chi connectivity index (χ2v) is 4.15. The number of rotatable bonds is 5. The first-order chi connectivity index (χ1) is 8.25. The molecule has 0 atom stereocenters. The van der Waals surface area contributed by atoms with Gasteiger partial charge in [-0.2, -0.15) is 0 Å². The van der Waals surface area contributed by atoms with E-state index in [1.807, 2.05) is 0 Å². The number of carboxylic acids is 1. The summed E-state index contributed by atoms with van der Waals surface area (Å²) in [6.45, 7) is 0.656. The standard InChI is InChI=1S/C10H10N4O2S/c15-10(16)7-5-17-9(14-7)2-4-12-8-1-3-11-6-13-8/h1,3,5-6H,2,4H2,(H,15,16)(H,11,12,13). The molecule has 2 aromatic rings. The van der Waals surface area contributed by atoms with Gasteiger partial charge in [-0.3, -0.25) is 0 Å². The molecule has 2 rings (SSSR count). The van der Waals surface area contributed by atoms with Crippen LogP contribution < -0.4 is 5.32 Å². The number of hydrogen-bond donors (Lipinski definition) is 2. The molecule has 7 heteroatoms. The molecule has 2 N–H and O–H groups in total. The van der Waals surface area contributed by atoms with Crippen molar-refractivity contribution in [2.75, 3.05) is 11.9 Å². The Morgan fingerprint density at radius 3 is 3.06 bits per heavy atom. The number of thiazole rings is 1. The zero-order valence-electron chi connectivity index (χ0n) is 8.83. The second-order valence-electron chi connectivity index (χ2n) is 3.20. The van der Waals surface area contributed by atoms with Crippen molar-refractivity contribution in [3.8, 4) is 0 Å². The summed E-state index contributed by atoms with van der Waals surface area (Å²) >= 11 is 1.35. The molecular weight excluding hydrogens is 240 g/mol. The fourth-order valence-corrected chi connectivity index (χ4v) is 1.99. The van der Waals surface area contributed by atoms with E-state index in [-0.39, 0.29) is 5.69 Å². The average Bonchev–Trinajstić information content (AvgIpc) is 2.79. The van der Waals surface area contributed by atoms with Crippen LogP contribution in [0.25, 0.3) is 0 Å². The van der Waals surface area contributed by atoms with Gasteiger partial charge >= 0.3 is 5.97 Å². The summed E-state index contributed by atoms with van der Waals surface area (Å²) in [6, 6.07) is 1.77. The van der Waals surface area contributed by atoms with Gasteiger partial charge in [0, 0.05) is 24.5 Å². The van der Waals surface area contributed by atoms with E-state index in [0.717, 1.165) is 10.8 Å². The molecule has 0 aliphatic rings. The minimum Gasteiger partial charge on any atom is -0.476 e. The van der Waals surface area contributed by atoms with Crippen molar-refractivity contribution in [2.45, 2.75) is 6.42 Å². The lowest BCUT2D eigenvalue weighted by Crippen LogP contribution is -2.06. The molecule has 0 amide bonds. The third-order valence-corrected chi connectivity index (χ3v) is 2.91. The van der Waals surface area contributed by atoms with Gasteiger partial charge in [-0.05, 0) is 6.07 Å². The van der Waals surface area contributed by atoms with Crippen LogP contribution >= 0.6 is 11.3 Å². The fourth-order valence-electron chi connectivity index (χ4n) is 1.22. The number of nitrogens with zero attached hydrogens (tertiary/aromatic N) is 3. The lowest BCUT2D eigenvalue weighted by molar-refractivity contribution is 0.0691. The number of aromatic nitrogens is 3. The van der Waals surface area contributed by atoms with Crippen LogP contribution in [0.3, 0.4) is 0 Å². The quantitative estimate of drug-likeness (QED) is 0.831. The minimum absolute atomic E-state index is 0.104. The summed E-state index contributed by atoms with van der Waals surface area (Å²) in [6.07, 6.45) is 3.79. The summed E-state index contributed by atoms with van der Waals surface area (Å²) in [4.78, 5) is 22.4. The smallest absolute Gasteiger partial charge is 0.355 e. The molecule has 0 aliphatic carbocycles. The van der Waals surface area contributed by atoms with Crippen molar-refractivity contribution >= 4 is 23.1 Å². The van der Waals surface area contributed by atoms with Crippen LogP contribution in [-0.4, -0.2) is 32.6 Å². The highest BCUT2D eigenvalue weighted by Gasteiger charge is 2.07. The summed E-state index contributed by atoms with van der Waals surface area (Å²) in [5.41, 5.74) is 0.104. The summed E-state index contributed by atoms with van der Waals surface area (Å²) in [5.74, 6) is -0.244. The van der Waals surface area contributed by atoms with Gasteiger partial charge in [0.05, 0.1) is 5.01 Å². The number of nitrogens with one attached hydrogen (secondary N) is 1. The third kappa shape index (κ3) is 3.22. The van der Waals surface area contributed by atoms with Crippen LogP contribution in [0.1, 0.15) is 15.5 Å². The van der Waals surface area contributed by atoms with Crippen LogP contribution in [0.2, 0.25) is 0 Å². The van der Waals surface area contributed by atoms with Crippen molar-refractivity contribution in [2.24, 2.45) is 0 Å². The Labute approximate surface area is 101 Å². The zero-order valence-corrected chi connectivity index (χ0v) is 9.65. The van der Waals surface area contributed by atoms with E-state index >= 15 is 0 Å². The van der Waals surface area contributed by atoms with E-state index in [1.165, 1.54) is 17.7 Å². The molecule has 0 saturated heterocycles. The Morgan fingerprint density at radius 2 is 2.41 bits per heavy atom. The van der Waals surface area contributed by atoms with Gasteiger partial charge in [0.2, 0.25) is 0 Å². The summed E-state index contributed by atoms with van der Waals surface area (Å²) < 4.78 is 0. The van der Waals surface area contributed by atoms with Crippen molar-refractivity contribution in [3.63, 3.8) is 0 Å². The van der Waals surface area contributed by atoms with Crippen molar-refractivity contribution in [1.82, 2.24) is 15.0 Å². The van der Waals surface area contributed by atoms with Crippen LogP contribution in [-0.2, 0) is 6.42 Å². The Balaban J connectivity index is 1.84. The maximum Gasteiger partial charge on any atom is 0.355 e. The SMILES string of the molecule is O=C(O)c1csc(CCNc2ccncn2)n1. The number of anilines is 1. The van der Waals surface area contributed by atoms with Gasteiger partial charge in [-0.15, -0.1) is 11.3 Å². The molecule has 0 saturated carbocycles. The fraction of sp³-hybridized carbons (Fsp3) is 0.200. The number of carboxylic acid groups (broad SMARTS) is 1. The highest BCUT2D eigenvalue weighted by Crippen LogP contribution is 2.10. The molecule has 0 unspecified atom stereocenters. The van der Waals surface area contributed by atoms with E-state index in [9.17, 15) is 4.79 Å². The molecule has 88 valence electrons. The Kier molecular flexibility index (Phi) is 3.61. The molecule has 17 heavy (non-hydrogen) atoms. The predicted molar refractivity (Wildman–Crippen MR) is 63.3 cm³/mol. The third-order valence-electron chi connectivity index (χ3n) is 2.00. The first-order valence-corrected chi connectivity index (χ1v) is 5.81. The highest BCUT2D eigenvalue weighted by molar-refractivity contribution is 7.09. The van der Waals surface area contributed by atoms with Crippen LogP contribution in [0.5, 0.6) is 0 Å². The molecule has 0 aromatic carbocycles. The highest BCUT2D eigenvalue weighted by atomic mass is 32.1. The van der Waals surface area contributed by atoms with Gasteiger partial charge in [0.25, 0.3) is 0 Å². The Morgan fingerprint density at radius 1 is 1.53 bits per heavy atom. The molecule has 2 heterocycles. The number of aromatic carboxylic acids is 1. The van der Waals surface area contributed by atoms with E-state index in [1.54, 1.807) is 17.6 Å². The van der Waals surface area contributed by atoms with Crippen LogP contribution in [0, 0.1) is 0 Å². The van der Waals surface area contributed by atoms with E-state index in [2.05, 4.69) is 20.3 Å². The lowest BCUT2D eigenvalue weighted by Gasteiger charge is -2.02. The van der Waals surface area contributed by atoms with Gasteiger partial charge in [-0.1, -0.05) is 0 Å². The van der Waals surface area contributed by atoms with Crippen molar-refractivity contribution in [3.05, 3.63) is 34.7 Å². The first kappa shape index (κ1) is 11.5. The second kappa shape index (κ2) is 5.35. The number of hydrogen-bond acceptors (Lipinski definition) is 6. The van der Waals surface area contributed by atoms with Gasteiger partial charge in [0.1, 0.15) is 12.1 Å². The molecule has 0 spiro atoms. The normalized spacial score (nSPS) is 10.1. The molecule has 0 radical (unpaired) electrons. The van der Waals surface area contributed by atoms with E-state index in [0.29, 0.717) is 13.0 Å². The summed E-state index contributed by atoms with van der Waals surface area (Å²) in [5, 5.41) is 14.2. The van der Waals surface area contributed by atoms with Gasteiger partial charge in [-0.25, -0.2) is 19.7 Å². The Hall–Kier alpha value is -2.02. The van der Waals surface area contributed by atoms with Gasteiger partial charge < -0.3 is 10.4 Å². The lowest BCUT2D eigenvalue weighted by atomic mass is 10.4. The molecule has 2 aromatic heterocycles. The average molecular weight is 250 g/mol. The molecule has 0 fully saturated rings. The topological polar surface area (TPSA) is 88.0 Å². The number of carbonyl (C=O) groups is 1.